The Kier molecular flexibility index (Phi) is 17.4. The van der Waals surface area contributed by atoms with Crippen molar-refractivity contribution in [2.75, 3.05) is 6.61 Å². The first-order chi connectivity index (χ1) is 15.5. The topological polar surface area (TPSA) is 99.4 Å². The second kappa shape index (κ2) is 18.9. The molecular formula is C26H50O6. The Bertz CT molecular complexity index is 456. The minimum atomic E-state index is -1.40. The Morgan fingerprint density at radius 3 is 1.97 bits per heavy atom. The van der Waals surface area contributed by atoms with Crippen molar-refractivity contribution in [1.82, 2.24) is 0 Å². The molecule has 6 nitrogen and oxygen atoms in total. The van der Waals surface area contributed by atoms with Crippen LogP contribution in [0.25, 0.3) is 0 Å². The minimum Gasteiger partial charge on any atom is -0.394 e. The molecule has 0 spiro atoms. The van der Waals surface area contributed by atoms with Crippen molar-refractivity contribution >= 4 is 0 Å². The van der Waals surface area contributed by atoms with E-state index in [-0.39, 0.29) is 6.10 Å². The molecule has 6 heteroatoms. The van der Waals surface area contributed by atoms with E-state index in [9.17, 15) is 20.4 Å². The van der Waals surface area contributed by atoms with Gasteiger partial charge in [0.1, 0.15) is 24.4 Å². The van der Waals surface area contributed by atoms with Gasteiger partial charge in [0.2, 0.25) is 0 Å². The highest BCUT2D eigenvalue weighted by Gasteiger charge is 2.44. The van der Waals surface area contributed by atoms with Gasteiger partial charge in [-0.1, -0.05) is 90.2 Å². The van der Waals surface area contributed by atoms with E-state index in [0.29, 0.717) is 0 Å². The monoisotopic (exact) mass is 458 g/mol. The van der Waals surface area contributed by atoms with Crippen LogP contribution in [0.15, 0.2) is 12.2 Å². The van der Waals surface area contributed by atoms with Gasteiger partial charge in [0.15, 0.2) is 6.29 Å². The van der Waals surface area contributed by atoms with Crippen LogP contribution in [0.4, 0.5) is 0 Å². The van der Waals surface area contributed by atoms with Crippen molar-refractivity contribution in [3.8, 4) is 0 Å². The van der Waals surface area contributed by atoms with Crippen molar-refractivity contribution < 1.29 is 29.9 Å². The lowest BCUT2D eigenvalue weighted by Gasteiger charge is -2.41. The highest BCUT2D eigenvalue weighted by Crippen LogP contribution is 2.25. The molecule has 1 heterocycles. The van der Waals surface area contributed by atoms with Gasteiger partial charge in [-0.15, -0.1) is 0 Å². The lowest BCUT2D eigenvalue weighted by atomic mass is 9.99. The molecule has 0 aromatic carbocycles. The van der Waals surface area contributed by atoms with Crippen LogP contribution in [-0.4, -0.2) is 63.8 Å². The summed E-state index contributed by atoms with van der Waals surface area (Å²) in [7, 11) is 0. The first-order valence-electron chi connectivity index (χ1n) is 13.2. The summed E-state index contributed by atoms with van der Waals surface area (Å²) in [6.45, 7) is 4.00. The number of hydrogen-bond donors (Lipinski definition) is 4. The van der Waals surface area contributed by atoms with Crippen LogP contribution in [0.2, 0.25) is 0 Å². The van der Waals surface area contributed by atoms with Crippen LogP contribution < -0.4 is 0 Å². The van der Waals surface area contributed by atoms with E-state index < -0.39 is 37.3 Å². The number of aliphatic hydroxyl groups excluding tert-OH is 4. The SMILES string of the molecule is CCCCCCCC/C=C\CCC(CCCCCCC)OC1O[C@H](CO)[C@@H](O)[C@H](O)[C@H]1O. The molecule has 0 aromatic rings. The number of ether oxygens (including phenoxy) is 2. The van der Waals surface area contributed by atoms with Gasteiger partial charge in [0, 0.05) is 0 Å². The number of hydrogen-bond acceptors (Lipinski definition) is 6. The van der Waals surface area contributed by atoms with Gasteiger partial charge in [-0.05, 0) is 32.1 Å². The molecule has 2 unspecified atom stereocenters. The van der Waals surface area contributed by atoms with Gasteiger partial charge in [0.05, 0.1) is 12.7 Å². The van der Waals surface area contributed by atoms with E-state index >= 15 is 0 Å². The van der Waals surface area contributed by atoms with E-state index in [1.807, 2.05) is 0 Å². The third kappa shape index (κ3) is 12.1. The summed E-state index contributed by atoms with van der Waals surface area (Å²) < 4.78 is 11.6. The Morgan fingerprint density at radius 1 is 0.719 bits per heavy atom. The fraction of sp³-hybridized carbons (Fsp3) is 0.923. The summed E-state index contributed by atoms with van der Waals surface area (Å²) >= 11 is 0. The smallest absolute Gasteiger partial charge is 0.186 e. The molecule has 0 aromatic heterocycles. The van der Waals surface area contributed by atoms with Gasteiger partial charge in [-0.25, -0.2) is 0 Å². The average Bonchev–Trinajstić information content (AvgIpc) is 2.80. The third-order valence-electron chi connectivity index (χ3n) is 6.35. The maximum absolute atomic E-state index is 10.3. The molecule has 32 heavy (non-hydrogen) atoms. The summed E-state index contributed by atoms with van der Waals surface area (Å²) in [4.78, 5) is 0. The normalized spacial score (nSPS) is 27.2. The second-order valence-electron chi connectivity index (χ2n) is 9.26. The fourth-order valence-corrected chi connectivity index (χ4v) is 4.19. The molecule has 1 rings (SSSR count). The Balaban J connectivity index is 2.45. The third-order valence-corrected chi connectivity index (χ3v) is 6.35. The first-order valence-corrected chi connectivity index (χ1v) is 13.2. The zero-order chi connectivity index (χ0) is 23.6. The van der Waals surface area contributed by atoms with Gasteiger partial charge in [-0.3, -0.25) is 0 Å². The first kappa shape index (κ1) is 29.5. The van der Waals surface area contributed by atoms with E-state index in [2.05, 4.69) is 26.0 Å². The number of unbranched alkanes of at least 4 members (excludes halogenated alkanes) is 10. The quantitative estimate of drug-likeness (QED) is 0.166. The number of aliphatic hydroxyl groups is 4. The minimum absolute atomic E-state index is 0.100. The molecule has 0 bridgehead atoms. The van der Waals surface area contributed by atoms with Gasteiger partial charge >= 0.3 is 0 Å². The molecule has 1 fully saturated rings. The molecular weight excluding hydrogens is 408 g/mol. The lowest BCUT2D eigenvalue weighted by molar-refractivity contribution is -0.312. The molecule has 0 radical (unpaired) electrons. The number of allylic oxidation sites excluding steroid dienone is 2. The Hall–Kier alpha value is -0.500. The standard InChI is InChI=1S/C26H50O6/c1-3-5-7-9-10-11-12-13-15-17-19-21(18-16-14-8-6-4-2)31-26-25(30)24(29)23(28)22(20-27)32-26/h13,15,21-30H,3-12,14,16-20H2,1-2H3/b15-13-/t21?,22-,23-,24+,25-,26?/m1/s1. The molecule has 1 aliphatic rings. The highest BCUT2D eigenvalue weighted by atomic mass is 16.7. The van der Waals surface area contributed by atoms with Gasteiger partial charge < -0.3 is 29.9 Å². The summed E-state index contributed by atoms with van der Waals surface area (Å²) in [5.41, 5.74) is 0. The molecule has 190 valence electrons. The molecule has 0 saturated carbocycles. The van der Waals surface area contributed by atoms with Crippen molar-refractivity contribution in [2.45, 2.75) is 147 Å². The number of rotatable bonds is 19. The summed E-state index contributed by atoms with van der Waals surface area (Å²) in [6.07, 6.45) is 15.7. The van der Waals surface area contributed by atoms with Gasteiger partial charge in [-0.2, -0.15) is 0 Å². The van der Waals surface area contributed by atoms with Crippen LogP contribution in [0.5, 0.6) is 0 Å². The van der Waals surface area contributed by atoms with Crippen LogP contribution in [0, 0.1) is 0 Å². The van der Waals surface area contributed by atoms with Crippen LogP contribution in [-0.2, 0) is 9.47 Å². The molecule has 1 aliphatic heterocycles. The zero-order valence-corrected chi connectivity index (χ0v) is 20.5. The molecule has 0 aliphatic carbocycles. The van der Waals surface area contributed by atoms with Crippen molar-refractivity contribution in [3.63, 3.8) is 0 Å². The second-order valence-corrected chi connectivity index (χ2v) is 9.26. The predicted molar refractivity (Wildman–Crippen MR) is 128 cm³/mol. The molecule has 0 amide bonds. The Morgan fingerprint density at radius 2 is 1.31 bits per heavy atom. The fourth-order valence-electron chi connectivity index (χ4n) is 4.19. The van der Waals surface area contributed by atoms with E-state index in [0.717, 1.165) is 38.5 Å². The summed E-state index contributed by atoms with van der Waals surface area (Å²) in [6, 6.07) is 0. The van der Waals surface area contributed by atoms with E-state index in [4.69, 9.17) is 9.47 Å². The van der Waals surface area contributed by atoms with Crippen LogP contribution in [0.3, 0.4) is 0 Å². The average molecular weight is 459 g/mol. The van der Waals surface area contributed by atoms with E-state index in [1.165, 1.54) is 57.8 Å². The van der Waals surface area contributed by atoms with E-state index in [1.54, 1.807) is 0 Å². The maximum atomic E-state index is 10.3. The summed E-state index contributed by atoms with van der Waals surface area (Å²) in [5.74, 6) is 0. The van der Waals surface area contributed by atoms with Crippen molar-refractivity contribution in [1.29, 1.82) is 0 Å². The zero-order valence-electron chi connectivity index (χ0n) is 20.5. The molecule has 1 saturated heterocycles. The largest absolute Gasteiger partial charge is 0.394 e. The summed E-state index contributed by atoms with van der Waals surface area (Å²) in [5, 5.41) is 39.7. The van der Waals surface area contributed by atoms with Crippen LogP contribution >= 0.6 is 0 Å². The van der Waals surface area contributed by atoms with Crippen molar-refractivity contribution in [3.05, 3.63) is 12.2 Å². The highest BCUT2D eigenvalue weighted by molar-refractivity contribution is 4.89. The predicted octanol–water partition coefficient (Wildman–Crippen LogP) is 4.62. The Labute approximate surface area is 196 Å². The lowest BCUT2D eigenvalue weighted by Crippen LogP contribution is -2.59. The molecule has 6 atom stereocenters. The maximum Gasteiger partial charge on any atom is 0.186 e. The van der Waals surface area contributed by atoms with Crippen molar-refractivity contribution in [2.24, 2.45) is 0 Å². The van der Waals surface area contributed by atoms with Crippen LogP contribution in [0.1, 0.15) is 110 Å². The molecule has 4 N–H and O–H groups in total. The van der Waals surface area contributed by atoms with Gasteiger partial charge in [0.25, 0.3) is 0 Å².